The third-order valence-electron chi connectivity index (χ3n) is 6.67. The smallest absolute Gasteiger partial charge is 0.481 e. The fraction of sp³-hybridized carbons (Fsp3) is 0.448. The first kappa shape index (κ1) is 35.8. The maximum atomic E-state index is 13.1. The number of hydrogen-bond donors (Lipinski definition) is 2. The Balaban J connectivity index is 0.00000271. The van der Waals surface area contributed by atoms with Crippen molar-refractivity contribution >= 4 is 23.8 Å². The van der Waals surface area contributed by atoms with E-state index in [-0.39, 0.29) is 49.4 Å². The molecule has 2 N–H and O–H groups in total. The van der Waals surface area contributed by atoms with Crippen LogP contribution in [-0.4, -0.2) is 92.6 Å². The molecule has 246 valence electrons. The minimum atomic E-state index is -4.78. The summed E-state index contributed by atoms with van der Waals surface area (Å²) in [6.07, 6.45) is -3.99. The minimum Gasteiger partial charge on any atom is -0.481 e. The lowest BCUT2D eigenvalue weighted by Crippen LogP contribution is -2.47. The topological polar surface area (TPSA) is 145 Å². The Hall–Kier alpha value is -3.70. The second-order valence-electron chi connectivity index (χ2n) is 9.67. The number of rotatable bonds is 12. The van der Waals surface area contributed by atoms with E-state index < -0.39 is 17.8 Å². The quantitative estimate of drug-likeness (QED) is 0.267. The highest BCUT2D eigenvalue weighted by Gasteiger charge is 2.39. The fourth-order valence-corrected chi connectivity index (χ4v) is 5.67. The molecule has 2 aromatic carbocycles. The van der Waals surface area contributed by atoms with Crippen LogP contribution in [-0.2, 0) is 30.3 Å². The summed E-state index contributed by atoms with van der Waals surface area (Å²) in [7, 11) is 4.16. The van der Waals surface area contributed by atoms with Crippen LogP contribution in [0.1, 0.15) is 31.7 Å². The number of carbonyl (C=O) groups is 2. The van der Waals surface area contributed by atoms with E-state index in [1.807, 2.05) is 6.92 Å². The first-order valence-electron chi connectivity index (χ1n) is 13.7. The molecule has 45 heavy (non-hydrogen) atoms. The summed E-state index contributed by atoms with van der Waals surface area (Å²) in [6.45, 7) is 2.06. The molecule has 1 saturated heterocycles. The number of aliphatic carboxylic acids is 1. The highest BCUT2D eigenvalue weighted by Crippen LogP contribution is 2.34. The molecule has 0 spiro atoms. The van der Waals surface area contributed by atoms with Crippen molar-refractivity contribution in [2.45, 2.75) is 62.8 Å². The highest BCUT2D eigenvalue weighted by atomic mass is 32.2. The summed E-state index contributed by atoms with van der Waals surface area (Å²) >= 11 is 1.16. The maximum Gasteiger partial charge on any atom is 0.573 e. The van der Waals surface area contributed by atoms with Crippen molar-refractivity contribution < 1.29 is 51.9 Å². The molecule has 0 radical (unpaired) electrons. The van der Waals surface area contributed by atoms with Gasteiger partial charge in [-0.2, -0.15) is 0 Å². The van der Waals surface area contributed by atoms with Gasteiger partial charge >= 0.3 is 12.3 Å². The van der Waals surface area contributed by atoms with Crippen LogP contribution in [0.25, 0.3) is 17.1 Å². The molecular weight excluding hydrogens is 621 g/mol. The Kier molecular flexibility index (Phi) is 13.2. The molecule has 0 saturated carbocycles. The van der Waals surface area contributed by atoms with Crippen molar-refractivity contribution in [3.63, 3.8) is 0 Å². The lowest BCUT2D eigenvalue weighted by molar-refractivity contribution is -0.274. The first-order valence-corrected chi connectivity index (χ1v) is 14.5. The number of halogens is 3. The highest BCUT2D eigenvalue weighted by molar-refractivity contribution is 7.98. The van der Waals surface area contributed by atoms with E-state index in [2.05, 4.69) is 14.8 Å². The number of carboxylic acids is 1. The summed E-state index contributed by atoms with van der Waals surface area (Å²) in [4.78, 5) is 28.5. The SMILES string of the molecule is CO.COC1C[C@@H](OC)C(SN(Cc2ccc(-c3ncn(-c4ccc(OC(F)(F)F)cc4)n3)cc2)C(=O)CCC(=O)O)O[C@H]1C. The van der Waals surface area contributed by atoms with Crippen molar-refractivity contribution in [2.24, 2.45) is 0 Å². The molecule has 1 aromatic heterocycles. The maximum absolute atomic E-state index is 13.1. The van der Waals surface area contributed by atoms with Crippen LogP contribution in [0.2, 0.25) is 0 Å². The summed E-state index contributed by atoms with van der Waals surface area (Å²) in [6, 6.07) is 12.4. The van der Waals surface area contributed by atoms with Gasteiger partial charge in [-0.15, -0.1) is 18.3 Å². The predicted molar refractivity (Wildman–Crippen MR) is 157 cm³/mol. The Morgan fingerprint density at radius 2 is 1.69 bits per heavy atom. The molecule has 1 aliphatic heterocycles. The van der Waals surface area contributed by atoms with Gasteiger partial charge in [0.2, 0.25) is 5.91 Å². The lowest BCUT2D eigenvalue weighted by atomic mass is 10.0. The number of aliphatic hydroxyl groups excluding tert-OH is 1. The second kappa shape index (κ2) is 16.6. The average molecular weight is 657 g/mol. The van der Waals surface area contributed by atoms with Gasteiger partial charge in [0.25, 0.3) is 0 Å². The molecule has 16 heteroatoms. The summed E-state index contributed by atoms with van der Waals surface area (Å²) < 4.78 is 61.3. The number of ether oxygens (including phenoxy) is 4. The van der Waals surface area contributed by atoms with E-state index in [0.29, 0.717) is 23.5 Å². The fourth-order valence-electron chi connectivity index (χ4n) is 4.40. The third kappa shape index (κ3) is 10.4. The second-order valence-corrected chi connectivity index (χ2v) is 10.8. The number of alkyl halides is 3. The van der Waals surface area contributed by atoms with Gasteiger partial charge in [-0.25, -0.2) is 9.67 Å². The zero-order valence-electron chi connectivity index (χ0n) is 25.0. The van der Waals surface area contributed by atoms with E-state index in [9.17, 15) is 22.8 Å². The van der Waals surface area contributed by atoms with Crippen LogP contribution in [0.5, 0.6) is 5.75 Å². The zero-order valence-corrected chi connectivity index (χ0v) is 25.8. The molecule has 1 aliphatic rings. The van der Waals surface area contributed by atoms with E-state index in [4.69, 9.17) is 24.4 Å². The molecule has 2 heterocycles. The average Bonchev–Trinajstić information content (AvgIpc) is 3.51. The minimum absolute atomic E-state index is 0.162. The normalized spacial score (nSPS) is 19.7. The number of carboxylic acid groups (broad SMARTS) is 1. The van der Waals surface area contributed by atoms with Crippen molar-refractivity contribution in [1.82, 2.24) is 19.1 Å². The van der Waals surface area contributed by atoms with Crippen LogP contribution < -0.4 is 4.74 Å². The number of amides is 1. The summed E-state index contributed by atoms with van der Waals surface area (Å²) in [5, 5.41) is 20.5. The Morgan fingerprint density at radius 3 is 2.27 bits per heavy atom. The number of benzene rings is 2. The van der Waals surface area contributed by atoms with Gasteiger partial charge in [0, 0.05) is 39.7 Å². The van der Waals surface area contributed by atoms with Crippen LogP contribution in [0, 0.1) is 0 Å². The van der Waals surface area contributed by atoms with Gasteiger partial charge in [-0.3, -0.25) is 13.9 Å². The summed E-state index contributed by atoms with van der Waals surface area (Å²) in [5.41, 5.74) is 1.42. The number of aromatic nitrogens is 3. The number of aliphatic hydroxyl groups is 1. The van der Waals surface area contributed by atoms with E-state index in [1.165, 1.54) is 39.6 Å². The molecular formula is C29H35F3N4O8S. The Labute approximate surface area is 262 Å². The van der Waals surface area contributed by atoms with Crippen LogP contribution in [0.3, 0.4) is 0 Å². The summed E-state index contributed by atoms with van der Waals surface area (Å²) in [5.74, 6) is -1.39. The van der Waals surface area contributed by atoms with Gasteiger partial charge < -0.3 is 29.2 Å². The lowest BCUT2D eigenvalue weighted by Gasteiger charge is -2.40. The number of methoxy groups -OCH3 is 2. The monoisotopic (exact) mass is 656 g/mol. The van der Waals surface area contributed by atoms with Crippen molar-refractivity contribution in [1.29, 1.82) is 0 Å². The third-order valence-corrected chi connectivity index (χ3v) is 7.88. The largest absolute Gasteiger partial charge is 0.573 e. The van der Waals surface area contributed by atoms with Crippen molar-refractivity contribution in [3.05, 3.63) is 60.4 Å². The van der Waals surface area contributed by atoms with Crippen molar-refractivity contribution in [2.75, 3.05) is 21.3 Å². The predicted octanol–water partition coefficient (Wildman–Crippen LogP) is 4.45. The molecule has 1 amide bonds. The molecule has 1 fully saturated rings. The number of carbonyl (C=O) groups excluding carboxylic acids is 1. The molecule has 0 bridgehead atoms. The molecule has 12 nitrogen and oxygen atoms in total. The van der Waals surface area contributed by atoms with E-state index in [1.54, 1.807) is 38.5 Å². The molecule has 3 aromatic rings. The molecule has 0 aliphatic carbocycles. The molecule has 4 rings (SSSR count). The van der Waals surface area contributed by atoms with Gasteiger partial charge in [-0.05, 0) is 48.7 Å². The van der Waals surface area contributed by atoms with Crippen LogP contribution >= 0.6 is 11.9 Å². The van der Waals surface area contributed by atoms with Crippen molar-refractivity contribution in [3.8, 4) is 22.8 Å². The number of nitrogens with zero attached hydrogens (tertiary/aromatic N) is 4. The molecule has 4 atom stereocenters. The van der Waals surface area contributed by atoms with Gasteiger partial charge in [-0.1, -0.05) is 24.3 Å². The molecule has 2 unspecified atom stereocenters. The van der Waals surface area contributed by atoms with Gasteiger partial charge in [0.15, 0.2) is 5.82 Å². The van der Waals surface area contributed by atoms with E-state index >= 15 is 0 Å². The van der Waals surface area contributed by atoms with Crippen LogP contribution in [0.4, 0.5) is 13.2 Å². The standard InChI is InChI=1S/C28H31F3N4O7S.CH4O/c1-17-22(39-2)14-23(40-3)27(41-17)43-35(24(36)12-13-25(37)38)15-18-4-6-19(7-5-18)26-32-16-34(33-26)20-8-10-21(11-9-20)42-28(29,30)31;1-2/h4-11,16-17,22-23,27H,12-15H2,1-3H3,(H,37,38);2H,1H3/t17-,22?,23+,27?;/m0./s1. The first-order chi connectivity index (χ1) is 21.5. The van der Waals surface area contributed by atoms with Gasteiger partial charge in [0.05, 0.1) is 37.0 Å². The Bertz CT molecular complexity index is 1380. The van der Waals surface area contributed by atoms with E-state index in [0.717, 1.165) is 24.6 Å². The Morgan fingerprint density at radius 1 is 1.04 bits per heavy atom. The number of hydrogen-bond acceptors (Lipinski definition) is 10. The van der Waals surface area contributed by atoms with Gasteiger partial charge in [0.1, 0.15) is 17.5 Å². The zero-order chi connectivity index (χ0) is 33.1. The van der Waals surface area contributed by atoms with Crippen LogP contribution in [0.15, 0.2) is 54.9 Å².